The number of amides is 1. The van der Waals surface area contributed by atoms with Crippen LogP contribution in [0, 0.1) is 0 Å². The van der Waals surface area contributed by atoms with E-state index in [2.05, 4.69) is 6.92 Å². The van der Waals surface area contributed by atoms with E-state index in [1.807, 2.05) is 41.8 Å². The normalized spacial score (nSPS) is 15.7. The van der Waals surface area contributed by atoms with Gasteiger partial charge in [-0.15, -0.1) is 11.3 Å². The molecule has 0 fully saturated rings. The Labute approximate surface area is 174 Å². The molecule has 3 aromatic rings. The average Bonchev–Trinajstić information content (AvgIpc) is 3.20. The summed E-state index contributed by atoms with van der Waals surface area (Å²) >= 11 is 1.64. The SMILES string of the molecule is CCCc1nc(-c2ccc3c(c2)N(CC(=O)c2ccccc2)C(=O)C(C)O3)cs1. The number of nitrogens with zero attached hydrogens (tertiary/aromatic N) is 2. The Morgan fingerprint density at radius 1 is 1.21 bits per heavy atom. The first-order chi connectivity index (χ1) is 14.1. The molecule has 1 unspecified atom stereocenters. The van der Waals surface area contributed by atoms with Crippen LogP contribution in [0.15, 0.2) is 53.9 Å². The van der Waals surface area contributed by atoms with Crippen molar-refractivity contribution in [3.63, 3.8) is 0 Å². The summed E-state index contributed by atoms with van der Waals surface area (Å²) in [4.78, 5) is 31.8. The third-order valence-electron chi connectivity index (χ3n) is 4.88. The number of hydrogen-bond donors (Lipinski definition) is 0. The van der Waals surface area contributed by atoms with Crippen molar-refractivity contribution >= 4 is 28.7 Å². The first-order valence-corrected chi connectivity index (χ1v) is 10.6. The highest BCUT2D eigenvalue weighted by atomic mass is 32.1. The highest BCUT2D eigenvalue weighted by Crippen LogP contribution is 2.38. The van der Waals surface area contributed by atoms with Gasteiger partial charge in [0, 0.05) is 16.5 Å². The summed E-state index contributed by atoms with van der Waals surface area (Å²) in [6.07, 6.45) is 1.37. The molecule has 148 valence electrons. The predicted octanol–water partition coefficient (Wildman–Crippen LogP) is 4.76. The molecule has 1 amide bonds. The third kappa shape index (κ3) is 3.93. The van der Waals surface area contributed by atoms with E-state index >= 15 is 0 Å². The molecule has 1 aliphatic heterocycles. The number of anilines is 1. The number of carbonyl (C=O) groups excluding carboxylic acids is 2. The van der Waals surface area contributed by atoms with Gasteiger partial charge in [-0.1, -0.05) is 37.3 Å². The van der Waals surface area contributed by atoms with Gasteiger partial charge in [0.05, 0.1) is 22.9 Å². The first kappa shape index (κ1) is 19.3. The fraction of sp³-hybridized carbons (Fsp3) is 0.261. The number of thiazole rings is 1. The Bertz CT molecular complexity index is 1050. The Kier molecular flexibility index (Phi) is 5.45. The lowest BCUT2D eigenvalue weighted by molar-refractivity contribution is -0.125. The van der Waals surface area contributed by atoms with Crippen LogP contribution in [0.1, 0.15) is 35.6 Å². The molecule has 0 spiro atoms. The monoisotopic (exact) mass is 406 g/mol. The van der Waals surface area contributed by atoms with Crippen molar-refractivity contribution in [1.82, 2.24) is 4.98 Å². The number of carbonyl (C=O) groups is 2. The molecule has 0 radical (unpaired) electrons. The lowest BCUT2D eigenvalue weighted by atomic mass is 10.1. The summed E-state index contributed by atoms with van der Waals surface area (Å²) in [7, 11) is 0. The number of hydrogen-bond acceptors (Lipinski definition) is 5. The second-order valence-electron chi connectivity index (χ2n) is 7.03. The van der Waals surface area contributed by atoms with Crippen molar-refractivity contribution < 1.29 is 14.3 Å². The van der Waals surface area contributed by atoms with Crippen LogP contribution in [0.3, 0.4) is 0 Å². The van der Waals surface area contributed by atoms with Gasteiger partial charge in [-0.05, 0) is 38.0 Å². The van der Waals surface area contributed by atoms with E-state index in [0.29, 0.717) is 17.0 Å². The van der Waals surface area contributed by atoms with Gasteiger partial charge in [0.25, 0.3) is 5.91 Å². The minimum absolute atomic E-state index is 0.0227. The fourth-order valence-corrected chi connectivity index (χ4v) is 4.27. The quantitative estimate of drug-likeness (QED) is 0.554. The molecule has 4 rings (SSSR count). The van der Waals surface area contributed by atoms with Crippen LogP contribution in [-0.2, 0) is 11.2 Å². The maximum absolute atomic E-state index is 12.8. The molecule has 0 bridgehead atoms. The summed E-state index contributed by atoms with van der Waals surface area (Å²) in [5.41, 5.74) is 2.98. The summed E-state index contributed by atoms with van der Waals surface area (Å²) in [5.74, 6) is 0.276. The Balaban J connectivity index is 1.68. The van der Waals surface area contributed by atoms with Crippen LogP contribution in [0.4, 0.5) is 5.69 Å². The van der Waals surface area contributed by atoms with Gasteiger partial charge in [0.15, 0.2) is 11.9 Å². The number of rotatable bonds is 6. The maximum Gasteiger partial charge on any atom is 0.268 e. The predicted molar refractivity (Wildman–Crippen MR) is 115 cm³/mol. The summed E-state index contributed by atoms with van der Waals surface area (Å²) in [6, 6.07) is 14.7. The molecule has 1 aliphatic rings. The van der Waals surface area contributed by atoms with Crippen molar-refractivity contribution in [2.45, 2.75) is 32.8 Å². The fourth-order valence-electron chi connectivity index (χ4n) is 3.36. The van der Waals surface area contributed by atoms with Gasteiger partial charge in [0.1, 0.15) is 5.75 Å². The average molecular weight is 407 g/mol. The van der Waals surface area contributed by atoms with Crippen molar-refractivity contribution in [3.8, 4) is 17.0 Å². The number of benzene rings is 2. The van der Waals surface area contributed by atoms with Gasteiger partial charge in [-0.25, -0.2) is 4.98 Å². The first-order valence-electron chi connectivity index (χ1n) is 9.72. The molecule has 2 aromatic carbocycles. The molecular formula is C23H22N2O3S. The molecule has 0 N–H and O–H groups in total. The number of aromatic nitrogens is 1. The van der Waals surface area contributed by atoms with E-state index in [9.17, 15) is 9.59 Å². The summed E-state index contributed by atoms with van der Waals surface area (Å²) in [5, 5.41) is 3.12. The van der Waals surface area contributed by atoms with Crippen LogP contribution < -0.4 is 9.64 Å². The summed E-state index contributed by atoms with van der Waals surface area (Å²) < 4.78 is 5.78. The maximum atomic E-state index is 12.8. The summed E-state index contributed by atoms with van der Waals surface area (Å²) in [6.45, 7) is 3.81. The molecule has 6 heteroatoms. The molecule has 0 saturated carbocycles. The molecule has 1 aromatic heterocycles. The Hall–Kier alpha value is -2.99. The minimum atomic E-state index is -0.632. The van der Waals surface area contributed by atoms with E-state index < -0.39 is 6.10 Å². The van der Waals surface area contributed by atoms with Crippen molar-refractivity contribution in [1.29, 1.82) is 0 Å². The zero-order chi connectivity index (χ0) is 20.4. The van der Waals surface area contributed by atoms with Crippen molar-refractivity contribution in [2.24, 2.45) is 0 Å². The van der Waals surface area contributed by atoms with Gasteiger partial charge < -0.3 is 4.74 Å². The number of aryl methyl sites for hydroxylation is 1. The van der Waals surface area contributed by atoms with E-state index in [0.717, 1.165) is 29.1 Å². The van der Waals surface area contributed by atoms with Crippen LogP contribution >= 0.6 is 11.3 Å². The number of fused-ring (bicyclic) bond motifs is 1. The van der Waals surface area contributed by atoms with E-state index in [1.165, 1.54) is 4.90 Å². The Morgan fingerprint density at radius 2 is 2.00 bits per heavy atom. The van der Waals surface area contributed by atoms with Gasteiger partial charge in [0.2, 0.25) is 0 Å². The second kappa shape index (κ2) is 8.17. The van der Waals surface area contributed by atoms with E-state index in [1.54, 1.807) is 30.4 Å². The molecular weight excluding hydrogens is 384 g/mol. The molecule has 5 nitrogen and oxygen atoms in total. The van der Waals surface area contributed by atoms with E-state index in [4.69, 9.17) is 9.72 Å². The van der Waals surface area contributed by atoms with Gasteiger partial charge >= 0.3 is 0 Å². The highest BCUT2D eigenvalue weighted by molar-refractivity contribution is 7.09. The largest absolute Gasteiger partial charge is 0.479 e. The number of ketones is 1. The second-order valence-corrected chi connectivity index (χ2v) is 7.98. The van der Waals surface area contributed by atoms with Crippen LogP contribution in [0.25, 0.3) is 11.3 Å². The van der Waals surface area contributed by atoms with Gasteiger partial charge in [-0.2, -0.15) is 0 Å². The molecule has 1 atom stereocenters. The van der Waals surface area contributed by atoms with Gasteiger partial charge in [-0.3, -0.25) is 14.5 Å². The highest BCUT2D eigenvalue weighted by Gasteiger charge is 2.33. The molecule has 0 saturated heterocycles. The zero-order valence-corrected chi connectivity index (χ0v) is 17.2. The topological polar surface area (TPSA) is 59.5 Å². The molecule has 2 heterocycles. The van der Waals surface area contributed by atoms with Crippen LogP contribution in [0.2, 0.25) is 0 Å². The van der Waals surface area contributed by atoms with Crippen molar-refractivity contribution in [3.05, 3.63) is 64.5 Å². The lowest BCUT2D eigenvalue weighted by Gasteiger charge is -2.33. The minimum Gasteiger partial charge on any atom is -0.479 e. The molecule has 0 aliphatic carbocycles. The lowest BCUT2D eigenvalue weighted by Crippen LogP contribution is -2.46. The standard InChI is InChI=1S/C23H22N2O3S/c1-3-7-22-24-18(14-29-22)17-10-11-21-19(12-17)25(23(27)15(2)28-21)13-20(26)16-8-5-4-6-9-16/h4-6,8-12,14-15H,3,7,13H2,1-2H3. The van der Waals surface area contributed by atoms with E-state index in [-0.39, 0.29) is 18.2 Å². The number of Topliss-reactive ketones (excluding diaryl/α,β-unsaturated/α-hetero) is 1. The van der Waals surface area contributed by atoms with Crippen LogP contribution in [0.5, 0.6) is 5.75 Å². The Morgan fingerprint density at radius 3 is 2.76 bits per heavy atom. The number of ether oxygens (including phenoxy) is 1. The molecule has 29 heavy (non-hydrogen) atoms. The van der Waals surface area contributed by atoms with Crippen LogP contribution in [-0.4, -0.2) is 29.3 Å². The smallest absolute Gasteiger partial charge is 0.268 e. The zero-order valence-electron chi connectivity index (χ0n) is 16.4. The third-order valence-corrected chi connectivity index (χ3v) is 5.78. The van der Waals surface area contributed by atoms with Crippen molar-refractivity contribution in [2.75, 3.05) is 11.4 Å².